The molecule has 0 saturated carbocycles. The van der Waals surface area contributed by atoms with E-state index in [1.165, 1.54) is 53.0 Å². The minimum atomic E-state index is 1.11. The highest BCUT2D eigenvalue weighted by atomic mass is 32.2. The lowest BCUT2D eigenvalue weighted by Crippen LogP contribution is -1.95. The Morgan fingerprint density at radius 3 is 1.20 bits per heavy atom. The van der Waals surface area contributed by atoms with Crippen molar-refractivity contribution in [2.75, 3.05) is 0 Å². The summed E-state index contributed by atoms with van der Waals surface area (Å²) in [5.41, 5.74) is 9.38. The number of hydrogen-bond donors (Lipinski definition) is 0. The zero-order chi connectivity index (χ0) is 29.6. The van der Waals surface area contributed by atoms with Crippen LogP contribution in [0.1, 0.15) is 0 Å². The molecule has 44 heavy (non-hydrogen) atoms. The van der Waals surface area contributed by atoms with Crippen molar-refractivity contribution in [3.63, 3.8) is 0 Å². The fourth-order valence-electron chi connectivity index (χ4n) is 5.44. The van der Waals surface area contributed by atoms with Crippen LogP contribution >= 0.6 is 23.5 Å². The quantitative estimate of drug-likeness (QED) is 0.171. The average Bonchev–Trinajstić information content (AvgIpc) is 3.10. The van der Waals surface area contributed by atoms with E-state index in [0.717, 1.165) is 11.1 Å². The molecule has 0 aliphatic rings. The van der Waals surface area contributed by atoms with Gasteiger partial charge in [-0.15, -0.1) is 0 Å². The Morgan fingerprint density at radius 2 is 0.705 bits per heavy atom. The molecule has 0 unspecified atom stereocenters. The van der Waals surface area contributed by atoms with Gasteiger partial charge in [-0.1, -0.05) is 145 Å². The van der Waals surface area contributed by atoms with Crippen molar-refractivity contribution in [3.05, 3.63) is 182 Å². The molecule has 0 atom stereocenters. The zero-order valence-corrected chi connectivity index (χ0v) is 25.7. The molecule has 0 nitrogen and oxygen atoms in total. The first-order valence-corrected chi connectivity index (χ1v) is 16.3. The van der Waals surface area contributed by atoms with Gasteiger partial charge in [-0.05, 0) is 105 Å². The Hall–Kier alpha value is -4.76. The van der Waals surface area contributed by atoms with Crippen LogP contribution < -0.4 is 0 Å². The Morgan fingerprint density at radius 1 is 0.318 bits per heavy atom. The van der Waals surface area contributed by atoms with Crippen LogP contribution in [0, 0.1) is 6.07 Å². The number of rotatable bonds is 8. The summed E-state index contributed by atoms with van der Waals surface area (Å²) in [5, 5.41) is 0. The van der Waals surface area contributed by atoms with Gasteiger partial charge in [0.25, 0.3) is 0 Å². The molecule has 7 rings (SSSR count). The van der Waals surface area contributed by atoms with E-state index in [9.17, 15) is 0 Å². The molecule has 0 aliphatic heterocycles. The van der Waals surface area contributed by atoms with Gasteiger partial charge in [-0.2, -0.15) is 0 Å². The summed E-state index contributed by atoms with van der Waals surface area (Å²) in [7, 11) is 0. The Balaban J connectivity index is 1.38. The standard InChI is InChI=1S/C42H29S2/c1-5-13-31(14-6-1)39-29-30-40(32-21-25-37(26-22-32)43-35-17-9-3-10-18-35)42(41(39)33-15-7-2-8-16-33)34-23-27-38(28-24-34)44-36-19-11-4-12-20-36/h1-28,30H. The molecule has 2 heteroatoms. The van der Waals surface area contributed by atoms with Crippen molar-refractivity contribution in [2.24, 2.45) is 0 Å². The lowest BCUT2D eigenvalue weighted by atomic mass is 9.83. The van der Waals surface area contributed by atoms with Gasteiger partial charge >= 0.3 is 0 Å². The number of benzene rings is 7. The minimum absolute atomic E-state index is 1.11. The van der Waals surface area contributed by atoms with E-state index in [1.54, 1.807) is 23.5 Å². The molecule has 0 N–H and O–H groups in total. The first-order valence-electron chi connectivity index (χ1n) is 14.7. The Bertz CT molecular complexity index is 1950. The largest absolute Gasteiger partial charge is 0.0901 e. The molecule has 7 aromatic rings. The van der Waals surface area contributed by atoms with Crippen molar-refractivity contribution < 1.29 is 0 Å². The molecule has 209 valence electrons. The van der Waals surface area contributed by atoms with Gasteiger partial charge in [0.15, 0.2) is 0 Å². The van der Waals surface area contributed by atoms with Crippen LogP contribution in [0.5, 0.6) is 0 Å². The third-order valence-corrected chi connectivity index (χ3v) is 9.55. The molecular weight excluding hydrogens is 569 g/mol. The van der Waals surface area contributed by atoms with Crippen molar-refractivity contribution in [1.29, 1.82) is 0 Å². The molecular formula is C42H29S2. The smallest absolute Gasteiger partial charge is 0.0122 e. The van der Waals surface area contributed by atoms with E-state index in [0.29, 0.717) is 0 Å². The van der Waals surface area contributed by atoms with E-state index >= 15 is 0 Å². The molecule has 0 aliphatic carbocycles. The Labute approximate surface area is 268 Å². The molecule has 0 amide bonds. The topological polar surface area (TPSA) is 0 Å². The predicted octanol–water partition coefficient (Wildman–Crippen LogP) is 12.5. The number of hydrogen-bond acceptors (Lipinski definition) is 2. The van der Waals surface area contributed by atoms with Gasteiger partial charge < -0.3 is 0 Å². The second-order valence-corrected chi connectivity index (χ2v) is 12.7. The van der Waals surface area contributed by atoms with Crippen molar-refractivity contribution in [1.82, 2.24) is 0 Å². The van der Waals surface area contributed by atoms with Crippen LogP contribution in [-0.4, -0.2) is 0 Å². The summed E-state index contributed by atoms with van der Waals surface area (Å²) in [5.74, 6) is 0. The summed E-state index contributed by atoms with van der Waals surface area (Å²) in [4.78, 5) is 4.91. The normalized spacial score (nSPS) is 10.9. The average molecular weight is 598 g/mol. The highest BCUT2D eigenvalue weighted by Gasteiger charge is 2.19. The predicted molar refractivity (Wildman–Crippen MR) is 188 cm³/mol. The van der Waals surface area contributed by atoms with Gasteiger partial charge in [0.1, 0.15) is 0 Å². The molecule has 1 radical (unpaired) electrons. The van der Waals surface area contributed by atoms with E-state index in [1.807, 2.05) is 0 Å². The molecule has 0 saturated heterocycles. The van der Waals surface area contributed by atoms with Gasteiger partial charge in [0, 0.05) is 19.6 Å². The molecule has 0 aromatic heterocycles. The van der Waals surface area contributed by atoms with Gasteiger partial charge in [0.05, 0.1) is 0 Å². The van der Waals surface area contributed by atoms with Crippen molar-refractivity contribution in [3.8, 4) is 44.5 Å². The van der Waals surface area contributed by atoms with Crippen LogP contribution in [0.15, 0.2) is 196 Å². The third kappa shape index (κ3) is 6.28. The van der Waals surface area contributed by atoms with Crippen LogP contribution in [0.4, 0.5) is 0 Å². The first-order chi connectivity index (χ1) is 21.8. The zero-order valence-electron chi connectivity index (χ0n) is 24.1. The maximum Gasteiger partial charge on any atom is 0.0122 e. The first kappa shape index (κ1) is 28.0. The highest BCUT2D eigenvalue weighted by molar-refractivity contribution is 7.99. The van der Waals surface area contributed by atoms with Crippen molar-refractivity contribution in [2.45, 2.75) is 19.6 Å². The van der Waals surface area contributed by atoms with Crippen molar-refractivity contribution >= 4 is 23.5 Å². The lowest BCUT2D eigenvalue weighted by molar-refractivity contribution is 1.40. The van der Waals surface area contributed by atoms with E-state index < -0.39 is 0 Å². The summed E-state index contributed by atoms with van der Waals surface area (Å²) >= 11 is 3.57. The van der Waals surface area contributed by atoms with Crippen LogP contribution in [0.2, 0.25) is 0 Å². The van der Waals surface area contributed by atoms with E-state index in [-0.39, 0.29) is 0 Å². The maximum absolute atomic E-state index is 3.72. The minimum Gasteiger partial charge on any atom is -0.0901 e. The molecule has 7 aromatic carbocycles. The molecule has 0 bridgehead atoms. The SMILES string of the molecule is [c]1cc(-c2ccc(Sc3ccccc3)cc2)c(-c2ccc(Sc3ccccc3)cc2)c(-c2ccccc2)c1-c1ccccc1. The summed E-state index contributed by atoms with van der Waals surface area (Å²) in [6, 6.07) is 66.3. The maximum atomic E-state index is 3.72. The van der Waals surface area contributed by atoms with Gasteiger partial charge in [-0.25, -0.2) is 0 Å². The fraction of sp³-hybridized carbons (Fsp3) is 0. The monoisotopic (exact) mass is 597 g/mol. The molecule has 0 heterocycles. The van der Waals surface area contributed by atoms with Gasteiger partial charge in [-0.3, -0.25) is 0 Å². The molecule has 0 fully saturated rings. The second kappa shape index (κ2) is 13.3. The summed E-state index contributed by atoms with van der Waals surface area (Å²) in [6.45, 7) is 0. The summed E-state index contributed by atoms with van der Waals surface area (Å²) < 4.78 is 0. The third-order valence-electron chi connectivity index (χ3n) is 7.52. The van der Waals surface area contributed by atoms with Crippen LogP contribution in [0.25, 0.3) is 44.5 Å². The summed E-state index contributed by atoms with van der Waals surface area (Å²) in [6.07, 6.45) is 0. The Kier molecular flexibility index (Phi) is 8.45. The molecule has 0 spiro atoms. The van der Waals surface area contributed by atoms with Crippen LogP contribution in [-0.2, 0) is 0 Å². The van der Waals surface area contributed by atoms with Crippen LogP contribution in [0.3, 0.4) is 0 Å². The second-order valence-electron chi connectivity index (χ2n) is 10.4. The fourth-order valence-corrected chi connectivity index (χ4v) is 7.12. The van der Waals surface area contributed by atoms with Gasteiger partial charge in [0.2, 0.25) is 0 Å². The van der Waals surface area contributed by atoms with E-state index in [2.05, 4.69) is 182 Å². The lowest BCUT2D eigenvalue weighted by Gasteiger charge is -2.21. The van der Waals surface area contributed by atoms with E-state index in [4.69, 9.17) is 0 Å². The highest BCUT2D eigenvalue weighted by Crippen LogP contribution is 2.46.